The average molecular weight is 340 g/mol. The molecule has 6 N–H and O–H groups in total. The van der Waals surface area contributed by atoms with Crippen molar-refractivity contribution in [1.82, 2.24) is 4.90 Å². The third-order valence-corrected chi connectivity index (χ3v) is 4.05. The molecule has 0 atom stereocenters. The first-order valence-corrected chi connectivity index (χ1v) is 8.00. The lowest BCUT2D eigenvalue weighted by Crippen LogP contribution is -2.42. The fraction of sp³-hybridized carbons (Fsp3) is 0.562. The van der Waals surface area contributed by atoms with E-state index >= 15 is 0 Å². The maximum absolute atomic E-state index is 11.6. The summed E-state index contributed by atoms with van der Waals surface area (Å²) in [5, 5.41) is 53.4. The van der Waals surface area contributed by atoms with Gasteiger partial charge in [-0.3, -0.25) is 9.69 Å². The van der Waals surface area contributed by atoms with Gasteiger partial charge in [-0.2, -0.15) is 0 Å². The summed E-state index contributed by atoms with van der Waals surface area (Å²) < 4.78 is 0. The van der Waals surface area contributed by atoms with Crippen molar-refractivity contribution in [2.75, 3.05) is 25.0 Å². The molecular weight excluding hydrogens is 316 g/mol. The molecule has 0 saturated heterocycles. The standard InChI is InChI=1S/C16H24N2O6/c1-3-5-18(6-4-2)8-16(23,24)11-9-7-10(19)17-12(9)14(21)15(22)13(11)20/h20-24H,3-8H2,1-2H3,(H,17,19). The number of nitrogens with zero attached hydrogens (tertiary/aromatic N) is 1. The Morgan fingerprint density at radius 1 is 1.04 bits per heavy atom. The van der Waals surface area contributed by atoms with E-state index in [2.05, 4.69) is 5.32 Å². The quantitative estimate of drug-likeness (QED) is 0.243. The van der Waals surface area contributed by atoms with Crippen LogP contribution in [-0.4, -0.2) is 56.0 Å². The molecule has 0 aliphatic carbocycles. The SMILES string of the molecule is CCCN(CCC)CC(O)(O)c1c(O)c(O)c(O)c2c1CC(=O)N2. The summed E-state index contributed by atoms with van der Waals surface area (Å²) in [6, 6.07) is 0. The van der Waals surface area contributed by atoms with Gasteiger partial charge in [0.1, 0.15) is 0 Å². The second kappa shape index (κ2) is 6.84. The number of anilines is 1. The Hall–Kier alpha value is -2.03. The van der Waals surface area contributed by atoms with Crippen molar-refractivity contribution >= 4 is 11.6 Å². The van der Waals surface area contributed by atoms with Crippen molar-refractivity contribution in [1.29, 1.82) is 0 Å². The minimum absolute atomic E-state index is 0.0748. The van der Waals surface area contributed by atoms with Crippen LogP contribution >= 0.6 is 0 Å². The minimum atomic E-state index is -2.49. The minimum Gasteiger partial charge on any atom is -0.504 e. The van der Waals surface area contributed by atoms with Crippen molar-refractivity contribution in [2.45, 2.75) is 38.9 Å². The van der Waals surface area contributed by atoms with Gasteiger partial charge in [-0.15, -0.1) is 0 Å². The topological polar surface area (TPSA) is 133 Å². The van der Waals surface area contributed by atoms with Crippen LogP contribution < -0.4 is 5.32 Å². The van der Waals surface area contributed by atoms with E-state index in [1.54, 1.807) is 0 Å². The van der Waals surface area contributed by atoms with Gasteiger partial charge in [-0.05, 0) is 25.9 Å². The number of phenolic OH excluding ortho intramolecular Hbond substituents is 3. The summed E-state index contributed by atoms with van der Waals surface area (Å²) in [7, 11) is 0. The third kappa shape index (κ3) is 3.26. The Labute approximate surface area is 140 Å². The number of aliphatic hydroxyl groups is 2. The van der Waals surface area contributed by atoms with Crippen molar-refractivity contribution in [3.05, 3.63) is 11.1 Å². The molecule has 1 aliphatic heterocycles. The van der Waals surface area contributed by atoms with Crippen LogP contribution in [0.3, 0.4) is 0 Å². The van der Waals surface area contributed by atoms with Crippen LogP contribution in [0.25, 0.3) is 0 Å². The van der Waals surface area contributed by atoms with Crippen LogP contribution in [0.1, 0.15) is 37.8 Å². The molecule has 1 aromatic rings. The molecule has 24 heavy (non-hydrogen) atoms. The molecule has 8 heteroatoms. The molecule has 0 saturated carbocycles. The van der Waals surface area contributed by atoms with Gasteiger partial charge in [0.15, 0.2) is 11.5 Å². The molecule has 8 nitrogen and oxygen atoms in total. The van der Waals surface area contributed by atoms with E-state index in [1.807, 2.05) is 18.7 Å². The molecule has 0 fully saturated rings. The molecule has 0 unspecified atom stereocenters. The molecule has 1 amide bonds. The number of carbonyl (C=O) groups excluding carboxylic acids is 1. The lowest BCUT2D eigenvalue weighted by Gasteiger charge is -2.32. The number of phenols is 3. The number of rotatable bonds is 7. The van der Waals surface area contributed by atoms with Crippen molar-refractivity contribution < 1.29 is 30.3 Å². The van der Waals surface area contributed by atoms with E-state index in [0.29, 0.717) is 13.1 Å². The summed E-state index contributed by atoms with van der Waals surface area (Å²) in [5.41, 5.74) is -0.385. The van der Waals surface area contributed by atoms with Gasteiger partial charge in [0.25, 0.3) is 0 Å². The van der Waals surface area contributed by atoms with Gasteiger partial charge in [0, 0.05) is 5.56 Å². The molecule has 1 aliphatic rings. The molecule has 0 bridgehead atoms. The smallest absolute Gasteiger partial charge is 0.229 e. The number of nitrogens with one attached hydrogen (secondary N) is 1. The summed E-state index contributed by atoms with van der Waals surface area (Å²) in [5.74, 6) is -5.37. The van der Waals surface area contributed by atoms with Crippen molar-refractivity contribution in [3.63, 3.8) is 0 Å². The van der Waals surface area contributed by atoms with Crippen molar-refractivity contribution in [2.24, 2.45) is 0 Å². The Bertz CT molecular complexity index is 638. The maximum atomic E-state index is 11.6. The lowest BCUT2D eigenvalue weighted by molar-refractivity contribution is -0.184. The van der Waals surface area contributed by atoms with E-state index < -0.39 is 28.9 Å². The van der Waals surface area contributed by atoms with Gasteiger partial charge in [-0.25, -0.2) is 0 Å². The molecule has 2 rings (SSSR count). The first kappa shape index (κ1) is 18.3. The lowest BCUT2D eigenvalue weighted by atomic mass is 9.94. The normalized spacial score (nSPS) is 14.1. The first-order chi connectivity index (χ1) is 11.2. The molecule has 1 aromatic carbocycles. The number of fused-ring (bicyclic) bond motifs is 1. The number of carbonyl (C=O) groups is 1. The van der Waals surface area contributed by atoms with Gasteiger partial charge in [0.2, 0.25) is 17.4 Å². The predicted molar refractivity (Wildman–Crippen MR) is 86.9 cm³/mol. The zero-order valence-electron chi connectivity index (χ0n) is 13.8. The second-order valence-electron chi connectivity index (χ2n) is 6.09. The second-order valence-corrected chi connectivity index (χ2v) is 6.09. The van der Waals surface area contributed by atoms with E-state index in [9.17, 15) is 30.3 Å². The summed E-state index contributed by atoms with van der Waals surface area (Å²) >= 11 is 0. The van der Waals surface area contributed by atoms with Gasteiger partial charge < -0.3 is 30.8 Å². The van der Waals surface area contributed by atoms with Gasteiger partial charge >= 0.3 is 0 Å². The highest BCUT2D eigenvalue weighted by Gasteiger charge is 2.40. The van der Waals surface area contributed by atoms with Crippen LogP contribution in [0.5, 0.6) is 17.2 Å². The molecular formula is C16H24N2O6. The van der Waals surface area contributed by atoms with E-state index in [4.69, 9.17) is 0 Å². The Kier molecular flexibility index (Phi) is 5.22. The average Bonchev–Trinajstić information content (AvgIpc) is 2.86. The molecule has 0 spiro atoms. The Morgan fingerprint density at radius 2 is 1.62 bits per heavy atom. The van der Waals surface area contributed by atoms with Crippen molar-refractivity contribution in [3.8, 4) is 17.2 Å². The van der Waals surface area contributed by atoms with Crippen LogP contribution in [0.2, 0.25) is 0 Å². The number of benzene rings is 1. The largest absolute Gasteiger partial charge is 0.504 e. The highest BCUT2D eigenvalue weighted by atomic mass is 16.5. The maximum Gasteiger partial charge on any atom is 0.229 e. The summed E-state index contributed by atoms with van der Waals surface area (Å²) in [6.45, 7) is 4.97. The number of amides is 1. The third-order valence-electron chi connectivity index (χ3n) is 4.05. The number of hydrogen-bond donors (Lipinski definition) is 6. The fourth-order valence-electron chi connectivity index (χ4n) is 3.14. The van der Waals surface area contributed by atoms with Gasteiger partial charge in [-0.1, -0.05) is 13.8 Å². The summed E-state index contributed by atoms with van der Waals surface area (Å²) in [4.78, 5) is 13.4. The molecule has 134 valence electrons. The Morgan fingerprint density at radius 3 is 2.17 bits per heavy atom. The Balaban J connectivity index is 2.49. The van der Waals surface area contributed by atoms with Crippen LogP contribution in [-0.2, 0) is 17.0 Å². The highest BCUT2D eigenvalue weighted by Crippen LogP contribution is 2.51. The predicted octanol–water partition coefficient (Wildman–Crippen LogP) is 0.557. The first-order valence-electron chi connectivity index (χ1n) is 8.00. The molecule has 0 aromatic heterocycles. The zero-order valence-corrected chi connectivity index (χ0v) is 13.8. The number of hydrogen-bond acceptors (Lipinski definition) is 7. The monoisotopic (exact) mass is 340 g/mol. The molecule has 1 heterocycles. The van der Waals surface area contributed by atoms with E-state index in [-0.39, 0.29) is 29.8 Å². The summed E-state index contributed by atoms with van der Waals surface area (Å²) in [6.07, 6.45) is 1.39. The fourth-order valence-corrected chi connectivity index (χ4v) is 3.14. The van der Waals surface area contributed by atoms with Crippen LogP contribution in [0, 0.1) is 0 Å². The number of aromatic hydroxyl groups is 3. The van der Waals surface area contributed by atoms with Crippen LogP contribution in [0.4, 0.5) is 5.69 Å². The van der Waals surface area contributed by atoms with Crippen LogP contribution in [0.15, 0.2) is 0 Å². The van der Waals surface area contributed by atoms with E-state index in [1.165, 1.54) is 0 Å². The highest BCUT2D eigenvalue weighted by molar-refractivity contribution is 6.02. The van der Waals surface area contributed by atoms with E-state index in [0.717, 1.165) is 12.8 Å². The van der Waals surface area contributed by atoms with Gasteiger partial charge in [0.05, 0.1) is 24.2 Å². The molecule has 0 radical (unpaired) electrons. The zero-order chi connectivity index (χ0) is 18.1.